The van der Waals surface area contributed by atoms with E-state index in [1.54, 1.807) is 30.5 Å². The maximum atomic E-state index is 13.8. The maximum Gasteiger partial charge on any atom is 0.341 e. The molecule has 0 aliphatic carbocycles. The number of rotatable bonds is 2. The zero-order valence-electron chi connectivity index (χ0n) is 13.0. The summed E-state index contributed by atoms with van der Waals surface area (Å²) in [5, 5.41) is 9.56. The van der Waals surface area contributed by atoms with Crippen LogP contribution in [0.2, 0.25) is 5.15 Å². The minimum absolute atomic E-state index is 0.0645. The third-order valence-electron chi connectivity index (χ3n) is 3.98. The normalized spacial score (nSPS) is 11.2. The Morgan fingerprint density at radius 2 is 2.04 bits per heavy atom. The van der Waals surface area contributed by atoms with E-state index >= 15 is 0 Å². The molecule has 1 aromatic carbocycles. The summed E-state index contributed by atoms with van der Waals surface area (Å²) in [6.07, 6.45) is 2.81. The number of carboxylic acid groups (broad SMARTS) is 1. The van der Waals surface area contributed by atoms with Gasteiger partial charge in [-0.25, -0.2) is 14.2 Å². The highest BCUT2D eigenvalue weighted by Gasteiger charge is 2.18. The van der Waals surface area contributed by atoms with E-state index < -0.39 is 27.9 Å². The van der Waals surface area contributed by atoms with Crippen LogP contribution in [0.3, 0.4) is 0 Å². The number of carboxylic acids is 1. The van der Waals surface area contributed by atoms with Gasteiger partial charge in [-0.05, 0) is 30.3 Å². The monoisotopic (exact) mass is 369 g/mol. The van der Waals surface area contributed by atoms with Gasteiger partial charge in [-0.15, -0.1) is 0 Å². The molecule has 0 spiro atoms. The van der Waals surface area contributed by atoms with Crippen LogP contribution in [0.25, 0.3) is 27.6 Å². The van der Waals surface area contributed by atoms with Gasteiger partial charge >= 0.3 is 5.97 Å². The van der Waals surface area contributed by atoms with E-state index in [0.717, 1.165) is 23.2 Å². The van der Waals surface area contributed by atoms with Gasteiger partial charge in [-0.3, -0.25) is 9.78 Å². The number of aromatic carboxylic acids is 1. The SMILES string of the molecule is O=C(O)c1cn(-c2ccc3ncccc3c2)c2nc(Cl)c(F)cc2c1=O. The van der Waals surface area contributed by atoms with E-state index in [2.05, 4.69) is 9.97 Å². The number of carbonyl (C=O) groups is 1. The highest BCUT2D eigenvalue weighted by Crippen LogP contribution is 2.23. The van der Waals surface area contributed by atoms with Crippen molar-refractivity contribution in [1.82, 2.24) is 14.5 Å². The molecule has 0 atom stereocenters. The molecular weight excluding hydrogens is 361 g/mol. The van der Waals surface area contributed by atoms with Crippen LogP contribution in [-0.4, -0.2) is 25.6 Å². The number of aromatic nitrogens is 3. The molecule has 8 heteroatoms. The lowest BCUT2D eigenvalue weighted by atomic mass is 10.1. The average Bonchev–Trinajstić information content (AvgIpc) is 2.63. The van der Waals surface area contributed by atoms with Crippen LogP contribution in [0.4, 0.5) is 4.39 Å². The lowest BCUT2D eigenvalue weighted by molar-refractivity contribution is 0.0695. The highest BCUT2D eigenvalue weighted by atomic mass is 35.5. The van der Waals surface area contributed by atoms with E-state index in [1.165, 1.54) is 4.57 Å². The van der Waals surface area contributed by atoms with Crippen LogP contribution in [0.15, 0.2) is 53.6 Å². The Labute approximate surface area is 150 Å². The van der Waals surface area contributed by atoms with Crippen molar-refractivity contribution < 1.29 is 14.3 Å². The van der Waals surface area contributed by atoms with E-state index in [9.17, 15) is 19.1 Å². The van der Waals surface area contributed by atoms with Crippen molar-refractivity contribution in [3.05, 3.63) is 75.5 Å². The van der Waals surface area contributed by atoms with Crippen LogP contribution in [0.5, 0.6) is 0 Å². The number of benzene rings is 1. The molecular formula is C18H9ClFN3O3. The Hall–Kier alpha value is -3.32. The summed E-state index contributed by atoms with van der Waals surface area (Å²) in [4.78, 5) is 32.0. The number of halogens is 2. The molecule has 0 radical (unpaired) electrons. The standard InChI is InChI=1S/C18H9ClFN3O3/c19-16-13(20)7-11-15(24)12(18(25)26)8-23(17(11)22-16)10-3-4-14-9(6-10)2-1-5-21-14/h1-8H,(H,25,26). The molecule has 4 aromatic rings. The summed E-state index contributed by atoms with van der Waals surface area (Å²) >= 11 is 5.77. The molecule has 0 fully saturated rings. The van der Waals surface area contributed by atoms with Gasteiger partial charge in [0.1, 0.15) is 11.2 Å². The second-order valence-electron chi connectivity index (χ2n) is 5.56. The van der Waals surface area contributed by atoms with E-state index in [4.69, 9.17) is 11.6 Å². The zero-order valence-corrected chi connectivity index (χ0v) is 13.7. The molecule has 26 heavy (non-hydrogen) atoms. The van der Waals surface area contributed by atoms with Gasteiger partial charge in [0.15, 0.2) is 11.0 Å². The quantitative estimate of drug-likeness (QED) is 0.547. The summed E-state index contributed by atoms with van der Waals surface area (Å²) in [5.74, 6) is -2.31. The molecule has 0 aliphatic heterocycles. The number of hydrogen-bond acceptors (Lipinski definition) is 4. The van der Waals surface area contributed by atoms with Crippen molar-refractivity contribution in [1.29, 1.82) is 0 Å². The molecule has 3 aromatic heterocycles. The maximum absolute atomic E-state index is 13.8. The molecule has 0 unspecified atom stereocenters. The fourth-order valence-electron chi connectivity index (χ4n) is 2.76. The first-order valence-corrected chi connectivity index (χ1v) is 7.83. The predicted molar refractivity (Wildman–Crippen MR) is 94.6 cm³/mol. The molecule has 6 nitrogen and oxygen atoms in total. The fraction of sp³-hybridized carbons (Fsp3) is 0. The minimum Gasteiger partial charge on any atom is -0.477 e. The lowest BCUT2D eigenvalue weighted by Gasteiger charge is -2.13. The topological polar surface area (TPSA) is 85.1 Å². The van der Waals surface area contributed by atoms with Gasteiger partial charge in [0.25, 0.3) is 0 Å². The smallest absolute Gasteiger partial charge is 0.341 e. The first-order chi connectivity index (χ1) is 12.5. The highest BCUT2D eigenvalue weighted by molar-refractivity contribution is 6.29. The molecule has 0 saturated carbocycles. The predicted octanol–water partition coefficient (Wildman–Crippen LogP) is 3.42. The van der Waals surface area contributed by atoms with Crippen molar-refractivity contribution >= 4 is 39.5 Å². The molecule has 0 bridgehead atoms. The van der Waals surface area contributed by atoms with Gasteiger partial charge in [0.2, 0.25) is 5.43 Å². The summed E-state index contributed by atoms with van der Waals surface area (Å²) < 4.78 is 15.2. The molecule has 0 saturated heterocycles. The van der Waals surface area contributed by atoms with Crippen LogP contribution >= 0.6 is 11.6 Å². The van der Waals surface area contributed by atoms with Crippen LogP contribution in [0, 0.1) is 5.82 Å². The van der Waals surface area contributed by atoms with Crippen LogP contribution < -0.4 is 5.43 Å². The third-order valence-corrected chi connectivity index (χ3v) is 4.25. The lowest BCUT2D eigenvalue weighted by Crippen LogP contribution is -2.19. The van der Waals surface area contributed by atoms with Crippen molar-refractivity contribution in [2.45, 2.75) is 0 Å². The van der Waals surface area contributed by atoms with Crippen molar-refractivity contribution in [2.75, 3.05) is 0 Å². The molecule has 0 aliphatic rings. The summed E-state index contributed by atoms with van der Waals surface area (Å²) in [7, 11) is 0. The number of fused-ring (bicyclic) bond motifs is 2. The summed E-state index contributed by atoms with van der Waals surface area (Å²) in [6.45, 7) is 0. The Bertz CT molecular complexity index is 1270. The molecule has 4 rings (SSSR count). The second-order valence-corrected chi connectivity index (χ2v) is 5.92. The fourth-order valence-corrected chi connectivity index (χ4v) is 2.90. The Kier molecular flexibility index (Phi) is 3.66. The molecule has 128 valence electrons. The van der Waals surface area contributed by atoms with Gasteiger partial charge in [-0.1, -0.05) is 17.7 Å². The molecule has 0 amide bonds. The number of pyridine rings is 3. The van der Waals surface area contributed by atoms with Crippen LogP contribution in [-0.2, 0) is 0 Å². The summed E-state index contributed by atoms with van der Waals surface area (Å²) in [6, 6.07) is 9.72. The Morgan fingerprint density at radius 1 is 1.23 bits per heavy atom. The zero-order chi connectivity index (χ0) is 18.4. The van der Waals surface area contributed by atoms with E-state index in [1.807, 2.05) is 6.07 Å². The molecule has 1 N–H and O–H groups in total. The van der Waals surface area contributed by atoms with E-state index in [0.29, 0.717) is 5.69 Å². The van der Waals surface area contributed by atoms with Gasteiger partial charge in [0, 0.05) is 23.5 Å². The number of nitrogens with zero attached hydrogens (tertiary/aromatic N) is 3. The van der Waals surface area contributed by atoms with Crippen molar-refractivity contribution in [3.63, 3.8) is 0 Å². The van der Waals surface area contributed by atoms with Gasteiger partial charge in [-0.2, -0.15) is 0 Å². The molecule has 3 heterocycles. The Balaban J connectivity index is 2.13. The second kappa shape index (κ2) is 5.89. The van der Waals surface area contributed by atoms with Gasteiger partial charge in [0.05, 0.1) is 10.9 Å². The van der Waals surface area contributed by atoms with Gasteiger partial charge < -0.3 is 9.67 Å². The average molecular weight is 370 g/mol. The van der Waals surface area contributed by atoms with Crippen molar-refractivity contribution in [2.24, 2.45) is 0 Å². The minimum atomic E-state index is -1.41. The first-order valence-electron chi connectivity index (χ1n) is 7.45. The Morgan fingerprint density at radius 3 is 2.81 bits per heavy atom. The van der Waals surface area contributed by atoms with Crippen LogP contribution in [0.1, 0.15) is 10.4 Å². The van der Waals surface area contributed by atoms with Crippen molar-refractivity contribution in [3.8, 4) is 5.69 Å². The summed E-state index contributed by atoms with van der Waals surface area (Å²) in [5.41, 5.74) is 0.0292. The largest absolute Gasteiger partial charge is 0.477 e. The first kappa shape index (κ1) is 16.2. The third kappa shape index (κ3) is 2.49. The number of hydrogen-bond donors (Lipinski definition) is 1. The van der Waals surface area contributed by atoms with E-state index in [-0.39, 0.29) is 11.0 Å².